The quantitative estimate of drug-likeness (QED) is 0.878. The molecule has 3 N–H and O–H groups in total. The molecule has 88 valence electrons. The van der Waals surface area contributed by atoms with E-state index >= 15 is 0 Å². The average Bonchev–Trinajstić information content (AvgIpc) is 2.82. The normalized spacial score (nSPS) is 11.3. The molecule has 0 saturated heterocycles. The number of rotatable bonds is 2. The summed E-state index contributed by atoms with van der Waals surface area (Å²) in [5, 5.41) is 20.6. The predicted octanol–water partition coefficient (Wildman–Crippen LogP) is 2.80. The Morgan fingerprint density at radius 1 is 1.29 bits per heavy atom. The zero-order valence-corrected chi connectivity index (χ0v) is 10.5. The molecule has 3 nitrogen and oxygen atoms in total. The van der Waals surface area contributed by atoms with Gasteiger partial charge in [-0.05, 0) is 17.5 Å². The molecule has 0 aliphatic heterocycles. The summed E-state index contributed by atoms with van der Waals surface area (Å²) in [6, 6.07) is 10.4. The SMILES string of the molecule is Cl.N#Cc1cccc([C@@H](N)c2cccs2)c1O. The van der Waals surface area contributed by atoms with Gasteiger partial charge in [-0.2, -0.15) is 5.26 Å². The minimum Gasteiger partial charge on any atom is -0.506 e. The van der Waals surface area contributed by atoms with Crippen LogP contribution in [0.25, 0.3) is 0 Å². The van der Waals surface area contributed by atoms with E-state index in [-0.39, 0.29) is 29.8 Å². The number of nitriles is 1. The molecule has 0 saturated carbocycles. The Labute approximate surface area is 110 Å². The van der Waals surface area contributed by atoms with Crippen molar-refractivity contribution in [1.29, 1.82) is 5.26 Å². The molecule has 0 amide bonds. The number of benzene rings is 1. The Kier molecular flexibility index (Phi) is 4.53. The van der Waals surface area contributed by atoms with Crippen LogP contribution < -0.4 is 5.73 Å². The van der Waals surface area contributed by atoms with Crippen LogP contribution >= 0.6 is 23.7 Å². The van der Waals surface area contributed by atoms with Crippen LogP contribution in [0.4, 0.5) is 0 Å². The molecule has 0 fully saturated rings. The molecule has 1 aromatic heterocycles. The third-order valence-corrected chi connectivity index (χ3v) is 3.33. The van der Waals surface area contributed by atoms with Gasteiger partial charge in [0.05, 0.1) is 11.6 Å². The monoisotopic (exact) mass is 266 g/mol. The van der Waals surface area contributed by atoms with Crippen LogP contribution in [-0.2, 0) is 0 Å². The number of para-hydroxylation sites is 1. The van der Waals surface area contributed by atoms with Crippen LogP contribution in [0, 0.1) is 11.3 Å². The van der Waals surface area contributed by atoms with Gasteiger partial charge in [0.25, 0.3) is 0 Å². The topological polar surface area (TPSA) is 70.0 Å². The van der Waals surface area contributed by atoms with Gasteiger partial charge in [-0.3, -0.25) is 0 Å². The van der Waals surface area contributed by atoms with E-state index in [1.54, 1.807) is 18.2 Å². The lowest BCUT2D eigenvalue weighted by Gasteiger charge is -2.12. The largest absolute Gasteiger partial charge is 0.506 e. The van der Waals surface area contributed by atoms with Gasteiger partial charge >= 0.3 is 0 Å². The van der Waals surface area contributed by atoms with Gasteiger partial charge in [0.15, 0.2) is 0 Å². The summed E-state index contributed by atoms with van der Waals surface area (Å²) < 4.78 is 0. The first kappa shape index (κ1) is 13.5. The number of hydrogen-bond donors (Lipinski definition) is 2. The highest BCUT2D eigenvalue weighted by Gasteiger charge is 2.15. The minimum atomic E-state index is -0.381. The van der Waals surface area contributed by atoms with Gasteiger partial charge in [0.2, 0.25) is 0 Å². The van der Waals surface area contributed by atoms with Crippen molar-refractivity contribution < 1.29 is 5.11 Å². The van der Waals surface area contributed by atoms with Gasteiger partial charge < -0.3 is 10.8 Å². The summed E-state index contributed by atoms with van der Waals surface area (Å²) in [6.45, 7) is 0. The Morgan fingerprint density at radius 2 is 2.06 bits per heavy atom. The van der Waals surface area contributed by atoms with E-state index in [9.17, 15) is 5.11 Å². The standard InChI is InChI=1S/C12H10N2OS.ClH/c13-7-8-3-1-4-9(12(8)15)11(14)10-5-2-6-16-10;/h1-6,11,15H,14H2;1H/t11-;/m1./s1. The lowest BCUT2D eigenvalue weighted by Crippen LogP contribution is -2.10. The van der Waals surface area contributed by atoms with Crippen LogP contribution in [0.15, 0.2) is 35.7 Å². The maximum absolute atomic E-state index is 9.86. The Morgan fingerprint density at radius 3 is 2.65 bits per heavy atom. The van der Waals surface area contributed by atoms with Crippen molar-refractivity contribution in [2.75, 3.05) is 0 Å². The summed E-state index contributed by atoms with van der Waals surface area (Å²) in [6.07, 6.45) is 0. The Bertz CT molecular complexity index is 534. The molecule has 2 rings (SSSR count). The van der Waals surface area contributed by atoms with Crippen molar-refractivity contribution in [3.63, 3.8) is 0 Å². The highest BCUT2D eigenvalue weighted by molar-refractivity contribution is 7.10. The highest BCUT2D eigenvalue weighted by atomic mass is 35.5. The number of phenols is 1. The number of thiophene rings is 1. The summed E-state index contributed by atoms with van der Waals surface area (Å²) in [7, 11) is 0. The number of nitrogens with two attached hydrogens (primary N) is 1. The molecule has 0 aliphatic rings. The maximum atomic E-state index is 9.86. The minimum absolute atomic E-state index is 0. The molecular weight excluding hydrogens is 256 g/mol. The van der Waals surface area contributed by atoms with E-state index in [1.165, 1.54) is 11.3 Å². The van der Waals surface area contributed by atoms with Crippen molar-refractivity contribution >= 4 is 23.7 Å². The molecule has 17 heavy (non-hydrogen) atoms. The van der Waals surface area contributed by atoms with E-state index in [0.717, 1.165) is 4.88 Å². The fraction of sp³-hybridized carbons (Fsp3) is 0.0833. The predicted molar refractivity (Wildman–Crippen MR) is 70.4 cm³/mol. The molecule has 0 unspecified atom stereocenters. The summed E-state index contributed by atoms with van der Waals surface area (Å²) in [5.74, 6) is -0.0223. The van der Waals surface area contributed by atoms with Gasteiger partial charge in [-0.15, -0.1) is 23.7 Å². The Hall–Kier alpha value is -1.54. The number of hydrogen-bond acceptors (Lipinski definition) is 4. The molecule has 1 aromatic carbocycles. The molecule has 1 heterocycles. The zero-order chi connectivity index (χ0) is 11.5. The lowest BCUT2D eigenvalue weighted by atomic mass is 10.0. The molecule has 0 aliphatic carbocycles. The average molecular weight is 267 g/mol. The molecule has 5 heteroatoms. The van der Waals surface area contributed by atoms with Crippen LogP contribution in [0.2, 0.25) is 0 Å². The summed E-state index contributed by atoms with van der Waals surface area (Å²) in [4.78, 5) is 0.963. The van der Waals surface area contributed by atoms with Crippen molar-refractivity contribution in [2.24, 2.45) is 5.73 Å². The van der Waals surface area contributed by atoms with Crippen molar-refractivity contribution in [1.82, 2.24) is 0 Å². The molecule has 0 radical (unpaired) electrons. The Balaban J connectivity index is 0.00000144. The summed E-state index contributed by atoms with van der Waals surface area (Å²) >= 11 is 1.53. The van der Waals surface area contributed by atoms with E-state index in [1.807, 2.05) is 23.6 Å². The molecular formula is C12H11ClN2OS. The van der Waals surface area contributed by atoms with Crippen molar-refractivity contribution in [3.8, 4) is 11.8 Å². The lowest BCUT2D eigenvalue weighted by molar-refractivity contribution is 0.464. The second-order valence-corrected chi connectivity index (χ2v) is 4.33. The van der Waals surface area contributed by atoms with E-state index in [0.29, 0.717) is 5.56 Å². The fourth-order valence-corrected chi connectivity index (χ4v) is 2.27. The third-order valence-electron chi connectivity index (χ3n) is 2.37. The molecule has 0 bridgehead atoms. The second-order valence-electron chi connectivity index (χ2n) is 3.35. The van der Waals surface area contributed by atoms with Gasteiger partial charge in [0.1, 0.15) is 11.8 Å². The highest BCUT2D eigenvalue weighted by Crippen LogP contribution is 2.31. The number of nitrogens with zero attached hydrogens (tertiary/aromatic N) is 1. The molecule has 2 aromatic rings. The molecule has 0 spiro atoms. The van der Waals surface area contributed by atoms with E-state index < -0.39 is 0 Å². The van der Waals surface area contributed by atoms with Crippen LogP contribution in [0.5, 0.6) is 5.75 Å². The van der Waals surface area contributed by atoms with Gasteiger partial charge in [-0.1, -0.05) is 18.2 Å². The first-order chi connectivity index (χ1) is 7.74. The molecule has 1 atom stereocenters. The van der Waals surface area contributed by atoms with Crippen LogP contribution in [-0.4, -0.2) is 5.11 Å². The van der Waals surface area contributed by atoms with Gasteiger partial charge in [-0.25, -0.2) is 0 Å². The van der Waals surface area contributed by atoms with Crippen molar-refractivity contribution in [3.05, 3.63) is 51.7 Å². The van der Waals surface area contributed by atoms with E-state index in [2.05, 4.69) is 0 Å². The zero-order valence-electron chi connectivity index (χ0n) is 8.83. The number of halogens is 1. The smallest absolute Gasteiger partial charge is 0.138 e. The fourth-order valence-electron chi connectivity index (χ4n) is 1.52. The van der Waals surface area contributed by atoms with Crippen molar-refractivity contribution in [2.45, 2.75) is 6.04 Å². The third kappa shape index (κ3) is 2.59. The van der Waals surface area contributed by atoms with Crippen LogP contribution in [0.1, 0.15) is 22.0 Å². The second kappa shape index (κ2) is 5.69. The first-order valence-corrected chi connectivity index (χ1v) is 5.63. The summed E-state index contributed by atoms with van der Waals surface area (Å²) in [5.41, 5.74) is 6.87. The maximum Gasteiger partial charge on any atom is 0.138 e. The van der Waals surface area contributed by atoms with Crippen LogP contribution in [0.3, 0.4) is 0 Å². The van der Waals surface area contributed by atoms with E-state index in [4.69, 9.17) is 11.0 Å². The van der Waals surface area contributed by atoms with Gasteiger partial charge in [0, 0.05) is 10.4 Å². The number of aromatic hydroxyl groups is 1. The number of phenolic OH excluding ortho intramolecular Hbond substituents is 1. The first-order valence-electron chi connectivity index (χ1n) is 4.75.